The Morgan fingerprint density at radius 2 is 1.92 bits per heavy atom. The third-order valence-corrected chi connectivity index (χ3v) is 4.57. The number of ether oxygens (including phenoxy) is 1. The fraction of sp³-hybridized carbons (Fsp3) is 0.133. The summed E-state index contributed by atoms with van der Waals surface area (Å²) >= 11 is 12.5. The van der Waals surface area contributed by atoms with Gasteiger partial charge in [-0.15, -0.1) is 0 Å². The van der Waals surface area contributed by atoms with Crippen LogP contribution in [0.1, 0.15) is 5.69 Å². The molecule has 3 heterocycles. The number of nitrogens with zero attached hydrogens (tertiary/aromatic N) is 4. The predicted octanol–water partition coefficient (Wildman–Crippen LogP) is 2.76. The summed E-state index contributed by atoms with van der Waals surface area (Å²) in [5, 5.41) is 0.441. The Balaban J connectivity index is 2.12. The van der Waals surface area contributed by atoms with Gasteiger partial charge in [0.1, 0.15) is 27.9 Å². The van der Waals surface area contributed by atoms with Crippen LogP contribution in [-0.2, 0) is 16.5 Å². The quantitative estimate of drug-likeness (QED) is 0.525. The SMILES string of the molecule is COc1ccnc(Cl)c1-c1c(Cl)ncn1-c1ccc(C[SH](=O)=O)nc1. The fourth-order valence-corrected chi connectivity index (χ4v) is 3.26. The molecule has 0 amide bonds. The van der Waals surface area contributed by atoms with Crippen LogP contribution in [0.4, 0.5) is 0 Å². The Labute approximate surface area is 155 Å². The summed E-state index contributed by atoms with van der Waals surface area (Å²) in [5.41, 5.74) is 2.09. The number of hydrogen-bond acceptors (Lipinski definition) is 6. The van der Waals surface area contributed by atoms with Gasteiger partial charge in [0, 0.05) is 6.20 Å². The first-order valence-electron chi connectivity index (χ1n) is 7.00. The second-order valence-electron chi connectivity index (χ2n) is 4.93. The van der Waals surface area contributed by atoms with Gasteiger partial charge in [-0.25, -0.2) is 18.4 Å². The molecule has 10 heteroatoms. The first-order chi connectivity index (χ1) is 12.0. The van der Waals surface area contributed by atoms with E-state index in [2.05, 4.69) is 15.0 Å². The third-order valence-electron chi connectivity index (χ3n) is 3.42. The minimum absolute atomic E-state index is 0.116. The molecule has 0 aliphatic rings. The minimum atomic E-state index is -2.53. The molecule has 3 aromatic rings. The maximum atomic E-state index is 10.8. The minimum Gasteiger partial charge on any atom is -0.496 e. The lowest BCUT2D eigenvalue weighted by molar-refractivity contribution is 0.415. The number of thiol groups is 1. The van der Waals surface area contributed by atoms with Gasteiger partial charge in [-0.3, -0.25) is 9.55 Å². The molecule has 0 bridgehead atoms. The first kappa shape index (κ1) is 17.7. The van der Waals surface area contributed by atoms with Crippen molar-refractivity contribution in [3.05, 3.63) is 52.9 Å². The standard InChI is InChI=1S/C15H12Cl2N4O3S/c1-24-11-4-5-18-14(16)12(11)13-15(17)20-8-21(13)10-3-2-9(19-6-10)7-25(22)23/h2-6,8,25H,7H2,1H3. The lowest BCUT2D eigenvalue weighted by Crippen LogP contribution is -2.00. The van der Waals surface area contributed by atoms with Gasteiger partial charge in [0.05, 0.1) is 41.7 Å². The summed E-state index contributed by atoms with van der Waals surface area (Å²) in [4.78, 5) is 12.3. The van der Waals surface area contributed by atoms with Crippen LogP contribution in [0.5, 0.6) is 5.75 Å². The number of halogens is 2. The highest BCUT2D eigenvalue weighted by Gasteiger charge is 2.21. The molecule has 0 aliphatic carbocycles. The highest BCUT2D eigenvalue weighted by atomic mass is 35.5. The van der Waals surface area contributed by atoms with E-state index >= 15 is 0 Å². The normalized spacial score (nSPS) is 11.0. The lowest BCUT2D eigenvalue weighted by atomic mass is 10.2. The third kappa shape index (κ3) is 3.60. The summed E-state index contributed by atoms with van der Waals surface area (Å²) in [5.74, 6) is 0.381. The maximum Gasteiger partial charge on any atom is 0.155 e. The molecule has 0 unspecified atom stereocenters. The molecule has 7 nitrogen and oxygen atoms in total. The van der Waals surface area contributed by atoms with Gasteiger partial charge in [0.25, 0.3) is 0 Å². The second kappa shape index (κ2) is 7.38. The number of rotatable bonds is 5. The molecule has 130 valence electrons. The smallest absolute Gasteiger partial charge is 0.155 e. The van der Waals surface area contributed by atoms with Crippen molar-refractivity contribution >= 4 is 33.9 Å². The van der Waals surface area contributed by atoms with Gasteiger partial charge in [-0.1, -0.05) is 23.2 Å². The van der Waals surface area contributed by atoms with Crippen LogP contribution in [0, 0.1) is 0 Å². The highest BCUT2D eigenvalue weighted by Crippen LogP contribution is 2.39. The van der Waals surface area contributed by atoms with Crippen molar-refractivity contribution in [3.8, 4) is 22.7 Å². The van der Waals surface area contributed by atoms with Crippen LogP contribution in [0.2, 0.25) is 10.3 Å². The summed E-state index contributed by atoms with van der Waals surface area (Å²) < 4.78 is 28.6. The average molecular weight is 399 g/mol. The van der Waals surface area contributed by atoms with Crippen molar-refractivity contribution in [1.29, 1.82) is 0 Å². The van der Waals surface area contributed by atoms with Crippen molar-refractivity contribution in [2.75, 3.05) is 7.11 Å². The van der Waals surface area contributed by atoms with Gasteiger partial charge >= 0.3 is 0 Å². The Bertz CT molecular complexity index is 979. The zero-order valence-corrected chi connectivity index (χ0v) is 15.3. The maximum absolute atomic E-state index is 10.8. The molecule has 0 N–H and O–H groups in total. The van der Waals surface area contributed by atoms with E-state index in [0.29, 0.717) is 28.4 Å². The van der Waals surface area contributed by atoms with E-state index in [1.807, 2.05) is 0 Å². The molecule has 3 aromatic heterocycles. The van der Waals surface area contributed by atoms with E-state index in [9.17, 15) is 8.42 Å². The van der Waals surface area contributed by atoms with Crippen LogP contribution in [0.15, 0.2) is 36.9 Å². The van der Waals surface area contributed by atoms with Crippen LogP contribution in [-0.4, -0.2) is 35.0 Å². The molecule has 3 rings (SSSR count). The Morgan fingerprint density at radius 1 is 1.12 bits per heavy atom. The number of imidazole rings is 1. The summed E-state index contributed by atoms with van der Waals surface area (Å²) in [7, 11) is -1.02. The second-order valence-corrected chi connectivity index (χ2v) is 6.63. The van der Waals surface area contributed by atoms with E-state index in [0.717, 1.165) is 0 Å². The Kier molecular flexibility index (Phi) is 5.22. The summed E-state index contributed by atoms with van der Waals surface area (Å²) in [6.45, 7) is 0. The predicted molar refractivity (Wildman–Crippen MR) is 95.2 cm³/mol. The molecule has 0 atom stereocenters. The van der Waals surface area contributed by atoms with Crippen LogP contribution in [0.25, 0.3) is 16.9 Å². The van der Waals surface area contributed by atoms with E-state index < -0.39 is 10.7 Å². The summed E-state index contributed by atoms with van der Waals surface area (Å²) in [6.07, 6.45) is 4.58. The van der Waals surface area contributed by atoms with Gasteiger partial charge in [-0.05, 0) is 18.2 Å². The molecular formula is C15H12Cl2N4O3S. The van der Waals surface area contributed by atoms with Gasteiger partial charge < -0.3 is 4.74 Å². The van der Waals surface area contributed by atoms with E-state index in [1.165, 1.54) is 25.8 Å². The average Bonchev–Trinajstić information content (AvgIpc) is 2.96. The molecule has 0 saturated carbocycles. The van der Waals surface area contributed by atoms with Crippen LogP contribution in [0.3, 0.4) is 0 Å². The Hall–Kier alpha value is -2.16. The molecule has 25 heavy (non-hydrogen) atoms. The van der Waals surface area contributed by atoms with Crippen molar-refractivity contribution in [1.82, 2.24) is 19.5 Å². The van der Waals surface area contributed by atoms with Crippen molar-refractivity contribution < 1.29 is 13.2 Å². The molecule has 0 aliphatic heterocycles. The zero-order valence-electron chi connectivity index (χ0n) is 12.9. The molecule has 0 radical (unpaired) electrons. The molecule has 0 saturated heterocycles. The first-order valence-corrected chi connectivity index (χ1v) is 9.12. The number of hydrogen-bond donors (Lipinski definition) is 1. The summed E-state index contributed by atoms with van der Waals surface area (Å²) in [6, 6.07) is 5.01. The van der Waals surface area contributed by atoms with E-state index in [1.54, 1.807) is 22.8 Å². The number of methoxy groups -OCH3 is 1. The van der Waals surface area contributed by atoms with Crippen LogP contribution >= 0.6 is 23.2 Å². The number of pyridine rings is 2. The molecule has 0 spiro atoms. The zero-order chi connectivity index (χ0) is 18.0. The highest BCUT2D eigenvalue weighted by molar-refractivity contribution is 7.71. The lowest BCUT2D eigenvalue weighted by Gasteiger charge is -2.13. The van der Waals surface area contributed by atoms with Gasteiger partial charge in [0.15, 0.2) is 5.15 Å². The van der Waals surface area contributed by atoms with E-state index in [4.69, 9.17) is 27.9 Å². The Morgan fingerprint density at radius 3 is 2.56 bits per heavy atom. The number of aromatic nitrogens is 4. The van der Waals surface area contributed by atoms with Gasteiger partial charge in [-0.2, -0.15) is 0 Å². The molecule has 0 fully saturated rings. The van der Waals surface area contributed by atoms with Crippen molar-refractivity contribution in [2.45, 2.75) is 5.75 Å². The van der Waals surface area contributed by atoms with Crippen molar-refractivity contribution in [2.24, 2.45) is 0 Å². The van der Waals surface area contributed by atoms with Crippen molar-refractivity contribution in [3.63, 3.8) is 0 Å². The van der Waals surface area contributed by atoms with Gasteiger partial charge in [0.2, 0.25) is 0 Å². The van der Waals surface area contributed by atoms with E-state index in [-0.39, 0.29) is 16.1 Å². The molecule has 0 aromatic carbocycles. The molecular weight excluding hydrogens is 387 g/mol. The van der Waals surface area contributed by atoms with Crippen LogP contribution < -0.4 is 4.74 Å². The monoisotopic (exact) mass is 398 g/mol. The fourth-order valence-electron chi connectivity index (χ4n) is 2.34. The largest absolute Gasteiger partial charge is 0.496 e. The topological polar surface area (TPSA) is 87.0 Å².